The van der Waals surface area contributed by atoms with E-state index in [0.717, 1.165) is 11.1 Å². The van der Waals surface area contributed by atoms with Gasteiger partial charge >= 0.3 is 23.9 Å². The molecule has 0 bridgehead atoms. The lowest BCUT2D eigenvalue weighted by Gasteiger charge is -2.04. The van der Waals surface area contributed by atoms with Crippen molar-refractivity contribution in [3.05, 3.63) is 71.8 Å². The Morgan fingerprint density at radius 2 is 0.879 bits per heavy atom. The fraction of sp³-hybridized carbons (Fsp3) is 0.273. The smallest absolute Gasteiger partial charge is 0.321 e. The molecule has 2 rings (SSSR count). The molecule has 0 saturated heterocycles. The Morgan fingerprint density at radius 1 is 0.576 bits per heavy atom. The fourth-order valence-electron chi connectivity index (χ4n) is 2.19. The van der Waals surface area contributed by atoms with Gasteiger partial charge in [-0.05, 0) is 24.0 Å². The summed E-state index contributed by atoms with van der Waals surface area (Å²) in [5, 5.41) is 33.1. The molecular weight excluding hydrogens is 434 g/mol. The zero-order chi connectivity index (χ0) is 25.4. The van der Waals surface area contributed by atoms with Crippen LogP contribution in [0.5, 0.6) is 0 Å². The van der Waals surface area contributed by atoms with Gasteiger partial charge in [-0.1, -0.05) is 60.7 Å². The van der Waals surface area contributed by atoms with E-state index in [1.54, 1.807) is 0 Å². The maximum absolute atomic E-state index is 10.4. The first-order valence-corrected chi connectivity index (χ1v) is 9.68. The van der Waals surface area contributed by atoms with Crippen molar-refractivity contribution in [3.8, 4) is 0 Å². The number of carbonyl (C=O) groups is 4. The number of nitrogens with two attached hydrogens (primary N) is 3. The highest BCUT2D eigenvalue weighted by atomic mass is 16.4. The summed E-state index contributed by atoms with van der Waals surface area (Å²) in [4.78, 5) is 40.4. The average molecular weight is 463 g/mol. The second-order valence-electron chi connectivity index (χ2n) is 6.81. The number of hydrogen-bond acceptors (Lipinski definition) is 7. The molecule has 180 valence electrons. The Balaban J connectivity index is 0.000000472. The molecule has 0 fully saturated rings. The molecule has 0 saturated carbocycles. The molecule has 0 aliphatic rings. The lowest BCUT2D eigenvalue weighted by atomic mass is 10.1. The molecule has 0 radical (unpaired) electrons. The summed E-state index contributed by atoms with van der Waals surface area (Å²) in [6.07, 6.45) is 0.238. The quantitative estimate of drug-likeness (QED) is 0.265. The van der Waals surface area contributed by atoms with Crippen LogP contribution in [0.1, 0.15) is 17.5 Å². The van der Waals surface area contributed by atoms with Crippen LogP contribution in [0.2, 0.25) is 0 Å². The fourth-order valence-corrected chi connectivity index (χ4v) is 2.19. The van der Waals surface area contributed by atoms with Crippen LogP contribution in [-0.2, 0) is 32.0 Å². The maximum atomic E-state index is 10.4. The molecule has 33 heavy (non-hydrogen) atoms. The molecule has 0 aliphatic heterocycles. The summed E-state index contributed by atoms with van der Waals surface area (Å²) in [6.45, 7) is 0. The summed E-state index contributed by atoms with van der Waals surface area (Å²) in [7, 11) is 0. The van der Waals surface area contributed by atoms with Gasteiger partial charge < -0.3 is 37.6 Å². The molecule has 11 heteroatoms. The molecule has 10 N–H and O–H groups in total. The zero-order valence-corrected chi connectivity index (χ0v) is 17.8. The van der Waals surface area contributed by atoms with Gasteiger partial charge in [-0.15, -0.1) is 0 Å². The van der Waals surface area contributed by atoms with Gasteiger partial charge in [0.2, 0.25) is 0 Å². The van der Waals surface area contributed by atoms with Gasteiger partial charge in [0.1, 0.15) is 18.1 Å². The van der Waals surface area contributed by atoms with Crippen molar-refractivity contribution in [2.75, 3.05) is 0 Å². The lowest BCUT2D eigenvalue weighted by molar-refractivity contribution is -0.144. The topological polar surface area (TPSA) is 227 Å². The first-order chi connectivity index (χ1) is 15.4. The Morgan fingerprint density at radius 3 is 1.09 bits per heavy atom. The van der Waals surface area contributed by atoms with E-state index >= 15 is 0 Å². The number of benzene rings is 2. The third-order valence-electron chi connectivity index (χ3n) is 3.94. The third kappa shape index (κ3) is 14.8. The molecule has 0 aliphatic carbocycles. The Labute approximate surface area is 190 Å². The Hall–Kier alpha value is -3.80. The second kappa shape index (κ2) is 15.9. The summed E-state index contributed by atoms with van der Waals surface area (Å²) >= 11 is 0. The van der Waals surface area contributed by atoms with Crippen molar-refractivity contribution in [1.29, 1.82) is 0 Å². The van der Waals surface area contributed by atoms with Crippen LogP contribution in [0, 0.1) is 0 Å². The number of carboxylic acid groups (broad SMARTS) is 4. The van der Waals surface area contributed by atoms with Crippen LogP contribution >= 0.6 is 0 Å². The molecule has 11 nitrogen and oxygen atoms in total. The number of aliphatic carboxylic acids is 4. The lowest BCUT2D eigenvalue weighted by Crippen LogP contribution is -2.32. The van der Waals surface area contributed by atoms with Crippen molar-refractivity contribution < 1.29 is 39.6 Å². The zero-order valence-electron chi connectivity index (χ0n) is 17.8. The van der Waals surface area contributed by atoms with Crippen molar-refractivity contribution >= 4 is 23.9 Å². The highest BCUT2D eigenvalue weighted by Crippen LogP contribution is 2.02. The molecular formula is C22H29N3O8. The number of carboxylic acids is 4. The van der Waals surface area contributed by atoms with Crippen LogP contribution < -0.4 is 17.2 Å². The first kappa shape index (κ1) is 29.2. The van der Waals surface area contributed by atoms with Crippen LogP contribution in [0.25, 0.3) is 0 Å². The Bertz CT molecular complexity index is 820. The highest BCUT2D eigenvalue weighted by Gasteiger charge is 2.14. The Kier molecular flexibility index (Phi) is 14.1. The third-order valence-corrected chi connectivity index (χ3v) is 3.94. The van der Waals surface area contributed by atoms with E-state index in [2.05, 4.69) is 0 Å². The van der Waals surface area contributed by atoms with Gasteiger partial charge in [-0.3, -0.25) is 19.2 Å². The van der Waals surface area contributed by atoms with Gasteiger partial charge in [-0.2, -0.15) is 0 Å². The van der Waals surface area contributed by atoms with Crippen LogP contribution in [0.3, 0.4) is 0 Å². The van der Waals surface area contributed by atoms with Gasteiger partial charge in [0, 0.05) is 0 Å². The van der Waals surface area contributed by atoms with E-state index < -0.39 is 48.4 Å². The average Bonchev–Trinajstić information content (AvgIpc) is 2.75. The SMILES string of the molecule is NC(CC(=O)O)C(=O)O.NC(Cc1ccccc1)C(=O)O.NC(Cc1ccccc1)C(=O)O. The molecule has 2 aromatic carbocycles. The van der Waals surface area contributed by atoms with Gasteiger partial charge in [0.05, 0.1) is 6.42 Å². The van der Waals surface area contributed by atoms with E-state index in [-0.39, 0.29) is 0 Å². The standard InChI is InChI=1S/2C9H11NO2.C4H7NO4/c2*10-8(9(11)12)6-7-4-2-1-3-5-7;5-2(4(8)9)1-3(6)7/h2*1-5,8H,6,10H2,(H,11,12);2H,1,5H2,(H,6,7)(H,8,9). The largest absolute Gasteiger partial charge is 0.481 e. The highest BCUT2D eigenvalue weighted by molar-refractivity contribution is 5.80. The molecule has 0 amide bonds. The minimum atomic E-state index is -1.29. The van der Waals surface area contributed by atoms with E-state index in [4.69, 9.17) is 37.6 Å². The molecule has 0 aromatic heterocycles. The summed E-state index contributed by atoms with van der Waals surface area (Å²) in [5.74, 6) is -4.42. The van der Waals surface area contributed by atoms with Crippen LogP contribution in [0.15, 0.2) is 60.7 Å². The minimum absolute atomic E-state index is 0.385. The van der Waals surface area contributed by atoms with Gasteiger partial charge in [0.25, 0.3) is 0 Å². The van der Waals surface area contributed by atoms with Crippen molar-refractivity contribution in [3.63, 3.8) is 0 Å². The minimum Gasteiger partial charge on any atom is -0.481 e. The van der Waals surface area contributed by atoms with Crippen LogP contribution in [0.4, 0.5) is 0 Å². The van der Waals surface area contributed by atoms with Crippen molar-refractivity contribution in [2.24, 2.45) is 17.2 Å². The summed E-state index contributed by atoms with van der Waals surface area (Å²) in [6, 6.07) is 15.8. The van der Waals surface area contributed by atoms with E-state index in [9.17, 15) is 19.2 Å². The van der Waals surface area contributed by atoms with E-state index in [1.165, 1.54) is 0 Å². The molecule has 3 atom stereocenters. The predicted molar refractivity (Wildman–Crippen MR) is 119 cm³/mol. The number of rotatable bonds is 9. The second-order valence-corrected chi connectivity index (χ2v) is 6.81. The monoisotopic (exact) mass is 463 g/mol. The number of hydrogen-bond donors (Lipinski definition) is 7. The molecule has 0 heterocycles. The van der Waals surface area contributed by atoms with Gasteiger partial charge in [0.15, 0.2) is 0 Å². The van der Waals surface area contributed by atoms with E-state index in [0.29, 0.717) is 12.8 Å². The maximum Gasteiger partial charge on any atom is 0.321 e. The van der Waals surface area contributed by atoms with Crippen LogP contribution in [-0.4, -0.2) is 62.4 Å². The molecule has 3 unspecified atom stereocenters. The predicted octanol–water partition coefficient (Wildman–Crippen LogP) is 0.155. The molecule has 2 aromatic rings. The summed E-state index contributed by atoms with van der Waals surface area (Å²) in [5.41, 5.74) is 17.4. The molecule has 0 spiro atoms. The summed E-state index contributed by atoms with van der Waals surface area (Å²) < 4.78 is 0. The normalized spacial score (nSPS) is 12.5. The first-order valence-electron chi connectivity index (χ1n) is 9.68. The van der Waals surface area contributed by atoms with Gasteiger partial charge in [-0.25, -0.2) is 0 Å². The van der Waals surface area contributed by atoms with Crippen molar-refractivity contribution in [2.45, 2.75) is 37.4 Å². The van der Waals surface area contributed by atoms with E-state index in [1.807, 2.05) is 60.7 Å². The van der Waals surface area contributed by atoms with Crippen molar-refractivity contribution in [1.82, 2.24) is 0 Å².